The van der Waals surface area contributed by atoms with Crippen molar-refractivity contribution in [1.82, 2.24) is 0 Å². The molecule has 3 aliphatic carbocycles. The van der Waals surface area contributed by atoms with Crippen LogP contribution in [0.2, 0.25) is 0 Å². The van der Waals surface area contributed by atoms with E-state index < -0.39 is 0 Å². The molecule has 0 unspecified atom stereocenters. The molecule has 34 heavy (non-hydrogen) atoms. The van der Waals surface area contributed by atoms with E-state index >= 15 is 0 Å². The minimum Gasteiger partial charge on any atom is -0.399 e. The number of hydrogen-bond acceptors (Lipinski definition) is 2. The monoisotopic (exact) mass is 436 g/mol. The lowest BCUT2D eigenvalue weighted by Crippen LogP contribution is -2.43. The number of hydrogen-bond donors (Lipinski definition) is 2. The summed E-state index contributed by atoms with van der Waals surface area (Å²) < 4.78 is 0. The summed E-state index contributed by atoms with van der Waals surface area (Å²) in [6.45, 7) is 0. The van der Waals surface area contributed by atoms with Gasteiger partial charge in [0.05, 0.1) is 5.41 Å². The highest BCUT2D eigenvalue weighted by atomic mass is 14.6. The van der Waals surface area contributed by atoms with Crippen molar-refractivity contribution in [3.63, 3.8) is 0 Å². The van der Waals surface area contributed by atoms with Gasteiger partial charge in [-0.15, -0.1) is 0 Å². The Balaban J connectivity index is 1.59. The second-order valence-corrected chi connectivity index (χ2v) is 9.40. The molecule has 4 N–H and O–H groups in total. The van der Waals surface area contributed by atoms with E-state index in [9.17, 15) is 0 Å². The molecule has 3 aliphatic rings. The minimum atomic E-state index is -0.370. The molecule has 2 nitrogen and oxygen atoms in total. The average molecular weight is 437 g/mol. The van der Waals surface area contributed by atoms with Gasteiger partial charge in [0.2, 0.25) is 0 Å². The molecule has 0 atom stereocenters. The minimum absolute atomic E-state index is 0.215. The number of benzene rings is 5. The zero-order chi connectivity index (χ0) is 22.9. The van der Waals surface area contributed by atoms with Gasteiger partial charge in [0.15, 0.2) is 0 Å². The van der Waals surface area contributed by atoms with Crippen molar-refractivity contribution in [3.8, 4) is 11.1 Å². The lowest BCUT2D eigenvalue weighted by Gasteiger charge is -2.51. The van der Waals surface area contributed by atoms with Crippen LogP contribution in [0.4, 0.5) is 11.4 Å². The van der Waals surface area contributed by atoms with E-state index in [0.29, 0.717) is 0 Å². The molecule has 5 aromatic carbocycles. The van der Waals surface area contributed by atoms with Crippen LogP contribution >= 0.6 is 0 Å². The Morgan fingerprint density at radius 1 is 0.471 bits per heavy atom. The SMILES string of the molecule is Nc1ccc(-c2ccc3c(c2)C2c4ccccc4C3(c3ccc(N)cc3)c3ccccc32)cc1. The van der Waals surface area contributed by atoms with Crippen molar-refractivity contribution >= 4 is 11.4 Å². The lowest BCUT2D eigenvalue weighted by atomic mass is 9.51. The first kappa shape index (κ1) is 19.2. The molecule has 162 valence electrons. The summed E-state index contributed by atoms with van der Waals surface area (Å²) in [6.07, 6.45) is 0. The van der Waals surface area contributed by atoms with E-state index in [-0.39, 0.29) is 11.3 Å². The summed E-state index contributed by atoms with van der Waals surface area (Å²) in [6, 6.07) is 41.5. The van der Waals surface area contributed by atoms with Gasteiger partial charge < -0.3 is 11.5 Å². The van der Waals surface area contributed by atoms with Gasteiger partial charge >= 0.3 is 0 Å². The largest absolute Gasteiger partial charge is 0.399 e. The summed E-state index contributed by atoms with van der Waals surface area (Å²) >= 11 is 0. The Labute approximate surface area is 199 Å². The van der Waals surface area contributed by atoms with E-state index in [0.717, 1.165) is 11.4 Å². The normalized spacial score (nSPS) is 19.2. The fourth-order valence-corrected chi connectivity index (χ4v) is 6.32. The van der Waals surface area contributed by atoms with Crippen LogP contribution in [0.5, 0.6) is 0 Å². The molecule has 0 amide bonds. The van der Waals surface area contributed by atoms with Crippen molar-refractivity contribution in [2.45, 2.75) is 11.3 Å². The van der Waals surface area contributed by atoms with Gasteiger partial charge in [-0.2, -0.15) is 0 Å². The average Bonchev–Trinajstić information content (AvgIpc) is 2.89. The van der Waals surface area contributed by atoms with Crippen LogP contribution in [0.25, 0.3) is 11.1 Å². The van der Waals surface area contributed by atoms with Gasteiger partial charge in [-0.05, 0) is 80.4 Å². The molecule has 0 spiro atoms. The first-order valence-electron chi connectivity index (χ1n) is 11.7. The fraction of sp³-hybridized carbons (Fsp3) is 0.0625. The Kier molecular flexibility index (Phi) is 3.87. The smallest absolute Gasteiger partial charge is 0.0710 e. The summed E-state index contributed by atoms with van der Waals surface area (Å²) in [5.41, 5.74) is 25.2. The van der Waals surface area contributed by atoms with Crippen LogP contribution in [0, 0.1) is 0 Å². The van der Waals surface area contributed by atoms with Gasteiger partial charge in [-0.25, -0.2) is 0 Å². The molecule has 0 fully saturated rings. The van der Waals surface area contributed by atoms with E-state index in [4.69, 9.17) is 11.5 Å². The van der Waals surface area contributed by atoms with E-state index in [1.165, 1.54) is 50.1 Å². The van der Waals surface area contributed by atoms with Gasteiger partial charge in [0, 0.05) is 17.3 Å². The van der Waals surface area contributed by atoms with Crippen molar-refractivity contribution < 1.29 is 0 Å². The van der Waals surface area contributed by atoms with E-state index in [1.807, 2.05) is 24.3 Å². The van der Waals surface area contributed by atoms with Gasteiger partial charge in [-0.3, -0.25) is 0 Å². The molecule has 0 saturated carbocycles. The first-order valence-corrected chi connectivity index (χ1v) is 11.7. The first-order chi connectivity index (χ1) is 16.7. The second kappa shape index (κ2) is 6.85. The summed E-state index contributed by atoms with van der Waals surface area (Å²) in [4.78, 5) is 0. The maximum Gasteiger partial charge on any atom is 0.0710 e. The summed E-state index contributed by atoms with van der Waals surface area (Å²) in [5.74, 6) is 0.215. The second-order valence-electron chi connectivity index (χ2n) is 9.40. The highest BCUT2D eigenvalue weighted by molar-refractivity contribution is 5.79. The van der Waals surface area contributed by atoms with Crippen LogP contribution in [-0.4, -0.2) is 0 Å². The lowest BCUT2D eigenvalue weighted by molar-refractivity contribution is 0.630. The third-order valence-electron chi connectivity index (χ3n) is 7.71. The molecule has 0 heterocycles. The molecule has 0 aromatic heterocycles. The Hall–Kier alpha value is -4.30. The van der Waals surface area contributed by atoms with Crippen molar-refractivity contribution in [1.29, 1.82) is 0 Å². The predicted octanol–water partition coefficient (Wildman–Crippen LogP) is 6.71. The maximum atomic E-state index is 6.12. The Morgan fingerprint density at radius 2 is 0.971 bits per heavy atom. The van der Waals surface area contributed by atoms with Crippen LogP contribution < -0.4 is 11.5 Å². The molecule has 0 saturated heterocycles. The molecular weight excluding hydrogens is 412 g/mol. The maximum absolute atomic E-state index is 6.12. The van der Waals surface area contributed by atoms with Crippen LogP contribution in [0.1, 0.15) is 44.9 Å². The van der Waals surface area contributed by atoms with Gasteiger partial charge in [0.25, 0.3) is 0 Å². The van der Waals surface area contributed by atoms with Crippen molar-refractivity contribution in [2.24, 2.45) is 0 Å². The summed E-state index contributed by atoms with van der Waals surface area (Å²) in [5, 5.41) is 0. The number of nitrogens with two attached hydrogens (primary N) is 2. The van der Waals surface area contributed by atoms with Gasteiger partial charge in [-0.1, -0.05) is 84.9 Å². The van der Waals surface area contributed by atoms with Crippen molar-refractivity contribution in [2.75, 3.05) is 11.5 Å². The number of rotatable bonds is 2. The molecule has 2 heteroatoms. The molecule has 5 aromatic rings. The van der Waals surface area contributed by atoms with Crippen LogP contribution in [-0.2, 0) is 5.41 Å². The number of anilines is 2. The van der Waals surface area contributed by atoms with E-state index in [1.54, 1.807) is 0 Å². The highest BCUT2D eigenvalue weighted by Gasteiger charge is 2.52. The van der Waals surface area contributed by atoms with Crippen molar-refractivity contribution in [3.05, 3.63) is 154 Å². The fourth-order valence-electron chi connectivity index (χ4n) is 6.32. The zero-order valence-electron chi connectivity index (χ0n) is 18.7. The highest BCUT2D eigenvalue weighted by Crippen LogP contribution is 2.61. The third kappa shape index (κ3) is 2.40. The molecule has 0 aliphatic heterocycles. The number of nitrogen functional groups attached to an aromatic ring is 2. The predicted molar refractivity (Wildman–Crippen MR) is 140 cm³/mol. The molecular formula is C32H24N2. The standard InChI is InChI=1S/C32H24N2/c33-23-14-9-20(10-15-23)21-11-18-30-27(19-21)31-25-5-1-3-7-28(25)32(30,22-12-16-24(34)17-13-22)29-8-4-2-6-26(29)31/h1-19,31H,33-34H2. The Morgan fingerprint density at radius 3 is 1.59 bits per heavy atom. The van der Waals surface area contributed by atoms with Gasteiger partial charge in [0.1, 0.15) is 0 Å². The zero-order valence-corrected chi connectivity index (χ0v) is 18.7. The quantitative estimate of drug-likeness (QED) is 0.296. The molecule has 0 radical (unpaired) electrons. The topological polar surface area (TPSA) is 52.0 Å². The third-order valence-corrected chi connectivity index (χ3v) is 7.71. The molecule has 8 rings (SSSR count). The molecule has 2 bridgehead atoms. The van der Waals surface area contributed by atoms with Crippen LogP contribution in [0.3, 0.4) is 0 Å². The Bertz CT molecular complexity index is 1510. The van der Waals surface area contributed by atoms with Crippen LogP contribution in [0.15, 0.2) is 115 Å². The summed E-state index contributed by atoms with van der Waals surface area (Å²) in [7, 11) is 0. The van der Waals surface area contributed by atoms with E-state index in [2.05, 4.69) is 91.0 Å².